The van der Waals surface area contributed by atoms with Gasteiger partial charge in [0.15, 0.2) is 0 Å². The second-order valence-electron chi connectivity index (χ2n) is 6.18. The monoisotopic (exact) mass is 369 g/mol. The van der Waals surface area contributed by atoms with Crippen LogP contribution in [0.4, 0.5) is 5.82 Å². The van der Waals surface area contributed by atoms with Gasteiger partial charge in [0.25, 0.3) is 5.91 Å². The van der Waals surface area contributed by atoms with Crippen molar-refractivity contribution in [3.63, 3.8) is 0 Å². The molecule has 2 heterocycles. The van der Waals surface area contributed by atoms with Gasteiger partial charge >= 0.3 is 0 Å². The van der Waals surface area contributed by atoms with Gasteiger partial charge in [0, 0.05) is 24.1 Å². The lowest BCUT2D eigenvalue weighted by atomic mass is 10.1. The SMILES string of the molecule is CCC1=NO[C@@H](CNC(=O)c2ccc(-c3ccc(NCCO)nn3)cc2)C1. The summed E-state index contributed by atoms with van der Waals surface area (Å²) < 4.78 is 0. The lowest BCUT2D eigenvalue weighted by Crippen LogP contribution is -2.32. The number of nitrogens with one attached hydrogen (secondary N) is 2. The number of benzene rings is 1. The van der Waals surface area contributed by atoms with E-state index in [-0.39, 0.29) is 18.6 Å². The zero-order valence-corrected chi connectivity index (χ0v) is 15.2. The highest BCUT2D eigenvalue weighted by molar-refractivity contribution is 5.94. The van der Waals surface area contributed by atoms with Crippen LogP contribution in [0.2, 0.25) is 0 Å². The maximum absolute atomic E-state index is 12.3. The molecule has 2 aromatic rings. The second kappa shape index (κ2) is 9.09. The summed E-state index contributed by atoms with van der Waals surface area (Å²) in [6.45, 7) is 2.93. The maximum Gasteiger partial charge on any atom is 0.251 e. The highest BCUT2D eigenvalue weighted by atomic mass is 16.6. The molecule has 0 saturated carbocycles. The van der Waals surface area contributed by atoms with E-state index >= 15 is 0 Å². The summed E-state index contributed by atoms with van der Waals surface area (Å²) in [7, 11) is 0. The van der Waals surface area contributed by atoms with E-state index in [9.17, 15) is 4.79 Å². The first kappa shape index (κ1) is 18.8. The quantitative estimate of drug-likeness (QED) is 0.655. The third kappa shape index (κ3) is 5.01. The molecule has 0 radical (unpaired) electrons. The largest absolute Gasteiger partial charge is 0.395 e. The fraction of sp³-hybridized carbons (Fsp3) is 0.368. The van der Waals surface area contributed by atoms with Crippen molar-refractivity contribution in [1.29, 1.82) is 0 Å². The summed E-state index contributed by atoms with van der Waals surface area (Å²) in [6.07, 6.45) is 1.54. The van der Waals surface area contributed by atoms with E-state index in [0.717, 1.165) is 24.1 Å². The number of aromatic nitrogens is 2. The molecule has 27 heavy (non-hydrogen) atoms. The fourth-order valence-electron chi connectivity index (χ4n) is 2.67. The van der Waals surface area contributed by atoms with Crippen molar-refractivity contribution in [2.45, 2.75) is 25.9 Å². The topological polar surface area (TPSA) is 109 Å². The molecule has 1 aliphatic heterocycles. The molecule has 0 unspecified atom stereocenters. The number of hydrogen-bond donors (Lipinski definition) is 3. The van der Waals surface area contributed by atoms with Crippen LogP contribution in [-0.4, -0.2) is 52.7 Å². The van der Waals surface area contributed by atoms with E-state index in [1.54, 1.807) is 18.2 Å². The summed E-state index contributed by atoms with van der Waals surface area (Å²) in [4.78, 5) is 17.6. The number of carbonyl (C=O) groups is 1. The van der Waals surface area contributed by atoms with Gasteiger partial charge in [0.05, 0.1) is 24.6 Å². The van der Waals surface area contributed by atoms with Crippen LogP contribution in [-0.2, 0) is 4.84 Å². The zero-order valence-electron chi connectivity index (χ0n) is 15.2. The summed E-state index contributed by atoms with van der Waals surface area (Å²) in [5.74, 6) is 0.456. The predicted molar refractivity (Wildman–Crippen MR) is 103 cm³/mol. The molecule has 1 amide bonds. The maximum atomic E-state index is 12.3. The third-order valence-corrected chi connectivity index (χ3v) is 4.22. The second-order valence-corrected chi connectivity index (χ2v) is 6.18. The van der Waals surface area contributed by atoms with Gasteiger partial charge in [-0.3, -0.25) is 4.79 Å². The van der Waals surface area contributed by atoms with Gasteiger partial charge in [-0.1, -0.05) is 24.2 Å². The van der Waals surface area contributed by atoms with Crippen LogP contribution in [0.1, 0.15) is 30.1 Å². The van der Waals surface area contributed by atoms with Crippen molar-refractivity contribution in [1.82, 2.24) is 15.5 Å². The molecule has 3 rings (SSSR count). The van der Waals surface area contributed by atoms with Crippen molar-refractivity contribution in [3.05, 3.63) is 42.0 Å². The Hall–Kier alpha value is -3.00. The minimum Gasteiger partial charge on any atom is -0.395 e. The standard InChI is InChI=1S/C19H23N5O3/c1-2-15-11-16(27-24-15)12-21-19(26)14-5-3-13(4-6-14)17-7-8-18(23-22-17)20-9-10-25/h3-8,16,25H,2,9-12H2,1H3,(H,20,23)(H,21,26)/t16-/m1/s1. The number of oxime groups is 1. The Kier molecular flexibility index (Phi) is 6.32. The van der Waals surface area contributed by atoms with Crippen LogP contribution in [0, 0.1) is 0 Å². The molecule has 1 aliphatic rings. The zero-order chi connectivity index (χ0) is 19.1. The first-order valence-electron chi connectivity index (χ1n) is 8.98. The number of amides is 1. The molecule has 0 aliphatic carbocycles. The Morgan fingerprint density at radius 1 is 1.22 bits per heavy atom. The van der Waals surface area contributed by atoms with Crippen LogP contribution >= 0.6 is 0 Å². The smallest absolute Gasteiger partial charge is 0.251 e. The Labute approximate surface area is 157 Å². The normalized spacial score (nSPS) is 15.8. The van der Waals surface area contributed by atoms with E-state index in [0.29, 0.717) is 30.2 Å². The van der Waals surface area contributed by atoms with Crippen molar-refractivity contribution < 1.29 is 14.7 Å². The molecule has 1 atom stereocenters. The number of rotatable bonds is 8. The molecule has 8 heteroatoms. The molecule has 8 nitrogen and oxygen atoms in total. The highest BCUT2D eigenvalue weighted by Crippen LogP contribution is 2.18. The highest BCUT2D eigenvalue weighted by Gasteiger charge is 2.20. The van der Waals surface area contributed by atoms with E-state index < -0.39 is 0 Å². The van der Waals surface area contributed by atoms with E-state index in [2.05, 4.69) is 26.0 Å². The molecule has 142 valence electrons. The average Bonchev–Trinajstić information content (AvgIpc) is 3.19. The first-order chi connectivity index (χ1) is 13.2. The Morgan fingerprint density at radius 2 is 2.04 bits per heavy atom. The fourth-order valence-corrected chi connectivity index (χ4v) is 2.67. The van der Waals surface area contributed by atoms with Gasteiger partial charge in [0.2, 0.25) is 0 Å². The molecule has 0 bridgehead atoms. The lowest BCUT2D eigenvalue weighted by molar-refractivity contribution is 0.0753. The van der Waals surface area contributed by atoms with E-state index in [4.69, 9.17) is 9.94 Å². The van der Waals surface area contributed by atoms with E-state index in [1.165, 1.54) is 0 Å². The molecule has 0 fully saturated rings. The summed E-state index contributed by atoms with van der Waals surface area (Å²) >= 11 is 0. The van der Waals surface area contributed by atoms with Crippen molar-refractivity contribution in [3.8, 4) is 11.3 Å². The molecule has 1 aromatic carbocycles. The minimum atomic E-state index is -0.148. The van der Waals surface area contributed by atoms with Crippen molar-refractivity contribution in [2.24, 2.45) is 5.16 Å². The first-order valence-corrected chi connectivity index (χ1v) is 8.98. The summed E-state index contributed by atoms with van der Waals surface area (Å²) in [5, 5.41) is 26.8. The summed E-state index contributed by atoms with van der Waals surface area (Å²) in [6, 6.07) is 10.8. The molecule has 0 saturated heterocycles. The van der Waals surface area contributed by atoms with Crippen LogP contribution in [0.25, 0.3) is 11.3 Å². The van der Waals surface area contributed by atoms with Gasteiger partial charge in [-0.25, -0.2) is 0 Å². The molecule has 3 N–H and O–H groups in total. The van der Waals surface area contributed by atoms with Crippen LogP contribution in [0.15, 0.2) is 41.6 Å². The molecule has 0 spiro atoms. The number of carbonyl (C=O) groups excluding carboxylic acids is 1. The Bertz CT molecular complexity index is 790. The minimum absolute atomic E-state index is 0.0343. The lowest BCUT2D eigenvalue weighted by Gasteiger charge is -2.10. The van der Waals surface area contributed by atoms with Crippen molar-refractivity contribution in [2.75, 3.05) is 25.0 Å². The Morgan fingerprint density at radius 3 is 2.67 bits per heavy atom. The number of aliphatic hydroxyl groups excluding tert-OH is 1. The number of hydrogen-bond acceptors (Lipinski definition) is 7. The van der Waals surface area contributed by atoms with Gasteiger partial charge in [-0.15, -0.1) is 10.2 Å². The van der Waals surface area contributed by atoms with Gasteiger partial charge < -0.3 is 20.6 Å². The molecular formula is C19H23N5O3. The third-order valence-electron chi connectivity index (χ3n) is 4.22. The number of nitrogens with zero attached hydrogens (tertiary/aromatic N) is 3. The average molecular weight is 369 g/mol. The predicted octanol–water partition coefficient (Wildman–Crippen LogP) is 1.83. The van der Waals surface area contributed by atoms with Crippen LogP contribution < -0.4 is 10.6 Å². The van der Waals surface area contributed by atoms with E-state index in [1.807, 2.05) is 25.1 Å². The Balaban J connectivity index is 1.54. The molecular weight excluding hydrogens is 346 g/mol. The summed E-state index contributed by atoms with van der Waals surface area (Å²) in [5.41, 5.74) is 3.17. The van der Waals surface area contributed by atoms with Gasteiger partial charge in [-0.05, 0) is 30.7 Å². The van der Waals surface area contributed by atoms with Gasteiger partial charge in [-0.2, -0.15) is 0 Å². The van der Waals surface area contributed by atoms with Crippen LogP contribution in [0.3, 0.4) is 0 Å². The van der Waals surface area contributed by atoms with Crippen LogP contribution in [0.5, 0.6) is 0 Å². The number of anilines is 1. The number of aliphatic hydroxyl groups is 1. The van der Waals surface area contributed by atoms with Crippen molar-refractivity contribution >= 4 is 17.4 Å². The van der Waals surface area contributed by atoms with Gasteiger partial charge in [0.1, 0.15) is 11.9 Å². The molecule has 1 aromatic heterocycles.